The summed E-state index contributed by atoms with van der Waals surface area (Å²) >= 11 is 0. The van der Waals surface area contributed by atoms with E-state index >= 15 is 0 Å². The third kappa shape index (κ3) is 6.87. The molecule has 0 aromatic rings. The van der Waals surface area contributed by atoms with Gasteiger partial charge in [-0.05, 0) is 39.5 Å². The fourth-order valence-corrected chi connectivity index (χ4v) is 1.98. The molecular weight excluding hydrogens is 288 g/mol. The fourth-order valence-electron chi connectivity index (χ4n) is 1.98. The van der Waals surface area contributed by atoms with Crippen LogP contribution in [0.15, 0.2) is 24.3 Å². The molecule has 0 spiro atoms. The molecular formula is C16H24O6. The standard InChI is InChI=1S/C16H24O6/c1-11(2)15(17)21-9-19-13-5-7-14(8-6-13)20-10-22-16(18)12(3)4/h13-14H,1,3,5-10H2,2,4H3. The summed E-state index contributed by atoms with van der Waals surface area (Å²) in [5, 5.41) is 0. The van der Waals surface area contributed by atoms with Gasteiger partial charge in [0, 0.05) is 11.1 Å². The van der Waals surface area contributed by atoms with Crippen molar-refractivity contribution >= 4 is 11.9 Å². The topological polar surface area (TPSA) is 71.1 Å². The smallest absolute Gasteiger partial charge is 0.335 e. The number of esters is 2. The summed E-state index contributed by atoms with van der Waals surface area (Å²) < 4.78 is 20.8. The van der Waals surface area contributed by atoms with E-state index in [2.05, 4.69) is 13.2 Å². The largest absolute Gasteiger partial charge is 0.435 e. The summed E-state index contributed by atoms with van der Waals surface area (Å²) in [5.74, 6) is -0.896. The molecule has 124 valence electrons. The maximum atomic E-state index is 11.2. The quantitative estimate of drug-likeness (QED) is 0.389. The van der Waals surface area contributed by atoms with Crippen LogP contribution in [0.2, 0.25) is 0 Å². The molecule has 1 aliphatic rings. The molecule has 1 aliphatic carbocycles. The lowest BCUT2D eigenvalue weighted by Crippen LogP contribution is -2.28. The van der Waals surface area contributed by atoms with Crippen LogP contribution in [0, 0.1) is 0 Å². The molecule has 0 aliphatic heterocycles. The third-order valence-corrected chi connectivity index (χ3v) is 3.31. The Balaban J connectivity index is 2.10. The SMILES string of the molecule is C=C(C)C(=O)OCOC1CCC(OCOC(=O)C(=C)C)CC1. The van der Waals surface area contributed by atoms with E-state index in [1.165, 1.54) is 0 Å². The zero-order chi connectivity index (χ0) is 16.5. The number of ether oxygens (including phenoxy) is 4. The average molecular weight is 312 g/mol. The van der Waals surface area contributed by atoms with Crippen molar-refractivity contribution in [3.05, 3.63) is 24.3 Å². The first-order valence-electron chi connectivity index (χ1n) is 7.28. The molecule has 1 rings (SSSR count). The summed E-state index contributed by atoms with van der Waals surface area (Å²) in [6.07, 6.45) is 3.34. The second-order valence-corrected chi connectivity index (χ2v) is 5.39. The van der Waals surface area contributed by atoms with Gasteiger partial charge in [0.15, 0.2) is 13.6 Å². The van der Waals surface area contributed by atoms with Gasteiger partial charge >= 0.3 is 11.9 Å². The molecule has 1 saturated carbocycles. The first kappa shape index (κ1) is 18.4. The molecule has 22 heavy (non-hydrogen) atoms. The van der Waals surface area contributed by atoms with Crippen molar-refractivity contribution in [2.45, 2.75) is 51.7 Å². The zero-order valence-corrected chi connectivity index (χ0v) is 13.3. The van der Waals surface area contributed by atoms with Gasteiger partial charge in [0.05, 0.1) is 12.2 Å². The van der Waals surface area contributed by atoms with Crippen LogP contribution in [-0.2, 0) is 28.5 Å². The molecule has 0 unspecified atom stereocenters. The Kier molecular flexibility index (Phi) is 7.84. The van der Waals surface area contributed by atoms with Gasteiger partial charge in [-0.25, -0.2) is 9.59 Å². The van der Waals surface area contributed by atoms with Crippen LogP contribution in [0.5, 0.6) is 0 Å². The Bertz CT molecular complexity index is 380. The minimum absolute atomic E-state index is 0.0516. The van der Waals surface area contributed by atoms with E-state index < -0.39 is 11.9 Å². The van der Waals surface area contributed by atoms with E-state index in [1.54, 1.807) is 13.8 Å². The van der Waals surface area contributed by atoms with Crippen LogP contribution < -0.4 is 0 Å². The molecule has 0 atom stereocenters. The summed E-state index contributed by atoms with van der Waals surface area (Å²) in [6, 6.07) is 0. The highest BCUT2D eigenvalue weighted by Crippen LogP contribution is 2.23. The highest BCUT2D eigenvalue weighted by Gasteiger charge is 2.22. The average Bonchev–Trinajstić information content (AvgIpc) is 2.48. The van der Waals surface area contributed by atoms with Crippen LogP contribution in [0.1, 0.15) is 39.5 Å². The first-order chi connectivity index (χ1) is 10.4. The number of rotatable bonds is 8. The Morgan fingerprint density at radius 3 is 1.41 bits per heavy atom. The normalized spacial score (nSPS) is 21.0. The lowest BCUT2D eigenvalue weighted by molar-refractivity contribution is -0.166. The van der Waals surface area contributed by atoms with Gasteiger partial charge < -0.3 is 18.9 Å². The van der Waals surface area contributed by atoms with Crippen LogP contribution in [0.4, 0.5) is 0 Å². The highest BCUT2D eigenvalue weighted by atomic mass is 16.7. The van der Waals surface area contributed by atoms with Crippen molar-refractivity contribution in [3.8, 4) is 0 Å². The summed E-state index contributed by atoms with van der Waals surface area (Å²) in [7, 11) is 0. The number of hydrogen-bond donors (Lipinski definition) is 0. The Labute approximate surface area is 131 Å². The molecule has 6 heteroatoms. The molecule has 0 amide bonds. The predicted octanol–water partition coefficient (Wildman–Crippen LogP) is 2.48. The van der Waals surface area contributed by atoms with Gasteiger partial charge in [0.2, 0.25) is 0 Å². The van der Waals surface area contributed by atoms with E-state index in [-0.39, 0.29) is 25.8 Å². The zero-order valence-electron chi connectivity index (χ0n) is 13.3. The van der Waals surface area contributed by atoms with Gasteiger partial charge in [-0.15, -0.1) is 0 Å². The predicted molar refractivity (Wildman–Crippen MR) is 79.8 cm³/mol. The van der Waals surface area contributed by atoms with Crippen molar-refractivity contribution in [3.63, 3.8) is 0 Å². The number of hydrogen-bond acceptors (Lipinski definition) is 6. The molecule has 0 radical (unpaired) electrons. The van der Waals surface area contributed by atoms with Gasteiger partial charge in [0.25, 0.3) is 0 Å². The Morgan fingerprint density at radius 1 is 0.818 bits per heavy atom. The van der Waals surface area contributed by atoms with E-state index in [0.717, 1.165) is 25.7 Å². The first-order valence-corrected chi connectivity index (χ1v) is 7.28. The monoisotopic (exact) mass is 312 g/mol. The summed E-state index contributed by atoms with van der Waals surface area (Å²) in [4.78, 5) is 22.4. The molecule has 6 nitrogen and oxygen atoms in total. The Morgan fingerprint density at radius 2 is 1.14 bits per heavy atom. The van der Waals surface area contributed by atoms with Crippen LogP contribution in [0.25, 0.3) is 0 Å². The number of carbonyl (C=O) groups is 2. The van der Waals surface area contributed by atoms with E-state index in [0.29, 0.717) is 11.1 Å². The molecule has 0 aromatic heterocycles. The summed E-state index contributed by atoms with van der Waals surface area (Å²) in [5.41, 5.74) is 0.704. The molecule has 0 saturated heterocycles. The van der Waals surface area contributed by atoms with E-state index in [4.69, 9.17) is 18.9 Å². The van der Waals surface area contributed by atoms with Crippen LogP contribution in [-0.4, -0.2) is 37.7 Å². The minimum atomic E-state index is -0.448. The molecule has 1 fully saturated rings. The van der Waals surface area contributed by atoms with Gasteiger partial charge in [-0.3, -0.25) is 0 Å². The van der Waals surface area contributed by atoms with Crippen LogP contribution in [0.3, 0.4) is 0 Å². The lowest BCUT2D eigenvalue weighted by Gasteiger charge is -2.28. The van der Waals surface area contributed by atoms with E-state index in [9.17, 15) is 9.59 Å². The third-order valence-electron chi connectivity index (χ3n) is 3.31. The highest BCUT2D eigenvalue weighted by molar-refractivity contribution is 5.87. The summed E-state index contributed by atoms with van der Waals surface area (Å²) in [6.45, 7) is 10.1. The van der Waals surface area contributed by atoms with Crippen LogP contribution >= 0.6 is 0 Å². The lowest BCUT2D eigenvalue weighted by atomic mass is 9.95. The van der Waals surface area contributed by atoms with Crippen molar-refractivity contribution < 1.29 is 28.5 Å². The van der Waals surface area contributed by atoms with Crippen molar-refractivity contribution in [2.24, 2.45) is 0 Å². The molecule has 0 heterocycles. The van der Waals surface area contributed by atoms with Crippen molar-refractivity contribution in [2.75, 3.05) is 13.6 Å². The minimum Gasteiger partial charge on any atom is -0.435 e. The molecule has 0 bridgehead atoms. The molecule has 0 aromatic carbocycles. The Hall–Kier alpha value is -1.66. The maximum Gasteiger partial charge on any atom is 0.335 e. The van der Waals surface area contributed by atoms with E-state index in [1.807, 2.05) is 0 Å². The maximum absolute atomic E-state index is 11.2. The number of carbonyl (C=O) groups excluding carboxylic acids is 2. The van der Waals surface area contributed by atoms with Crippen molar-refractivity contribution in [1.82, 2.24) is 0 Å². The molecule has 0 N–H and O–H groups in total. The van der Waals surface area contributed by atoms with Gasteiger partial charge in [-0.1, -0.05) is 13.2 Å². The van der Waals surface area contributed by atoms with Gasteiger partial charge in [0.1, 0.15) is 0 Å². The fraction of sp³-hybridized carbons (Fsp3) is 0.625. The second kappa shape index (κ2) is 9.38. The van der Waals surface area contributed by atoms with Crippen molar-refractivity contribution in [1.29, 1.82) is 0 Å². The second-order valence-electron chi connectivity index (χ2n) is 5.39. The van der Waals surface area contributed by atoms with Gasteiger partial charge in [-0.2, -0.15) is 0 Å².